The Morgan fingerprint density at radius 1 is 1.33 bits per heavy atom. The summed E-state index contributed by atoms with van der Waals surface area (Å²) in [7, 11) is 0. The highest BCUT2D eigenvalue weighted by molar-refractivity contribution is 5.12. The van der Waals surface area contributed by atoms with Gasteiger partial charge in [0.2, 0.25) is 0 Å². The third-order valence-corrected chi connectivity index (χ3v) is 3.95. The molecule has 1 heteroatoms. The van der Waals surface area contributed by atoms with Gasteiger partial charge in [-0.05, 0) is 37.5 Å². The third kappa shape index (κ3) is 1.28. The molecular weight excluding hydrogens is 146 g/mol. The predicted octanol–water partition coefficient (Wildman–Crippen LogP) is 2.69. The zero-order valence-corrected chi connectivity index (χ0v) is 8.18. The molecule has 0 amide bonds. The van der Waals surface area contributed by atoms with Crippen LogP contribution in [0.25, 0.3) is 0 Å². The Balaban J connectivity index is 1.87. The quantitative estimate of drug-likeness (QED) is 0.687. The van der Waals surface area contributed by atoms with Crippen molar-refractivity contribution in [2.75, 3.05) is 0 Å². The van der Waals surface area contributed by atoms with E-state index in [2.05, 4.69) is 6.92 Å². The molecule has 0 saturated heterocycles. The molecule has 2 aliphatic rings. The lowest BCUT2D eigenvalue weighted by molar-refractivity contribution is 0.377. The topological polar surface area (TPSA) is 26.0 Å². The van der Waals surface area contributed by atoms with E-state index < -0.39 is 0 Å². The monoisotopic (exact) mass is 167 g/mol. The molecule has 2 saturated carbocycles. The first kappa shape index (κ1) is 8.55. The van der Waals surface area contributed by atoms with E-state index in [9.17, 15) is 0 Å². The van der Waals surface area contributed by atoms with Gasteiger partial charge in [0, 0.05) is 5.54 Å². The van der Waals surface area contributed by atoms with Crippen LogP contribution in [0.15, 0.2) is 0 Å². The molecule has 2 aliphatic carbocycles. The largest absolute Gasteiger partial charge is 0.325 e. The number of hydrogen-bond acceptors (Lipinski definition) is 1. The molecule has 0 aromatic heterocycles. The van der Waals surface area contributed by atoms with E-state index in [1.54, 1.807) is 0 Å². The van der Waals surface area contributed by atoms with E-state index in [-0.39, 0.29) is 0 Å². The first-order valence-electron chi connectivity index (χ1n) is 5.56. The second-order valence-corrected chi connectivity index (χ2v) is 4.78. The highest BCUT2D eigenvalue weighted by atomic mass is 14.9. The van der Waals surface area contributed by atoms with Gasteiger partial charge in [-0.1, -0.05) is 26.2 Å². The molecule has 0 radical (unpaired) electrons. The summed E-state index contributed by atoms with van der Waals surface area (Å²) in [5.41, 5.74) is 6.68. The summed E-state index contributed by atoms with van der Waals surface area (Å²) >= 11 is 0. The van der Waals surface area contributed by atoms with E-state index in [0.717, 1.165) is 11.8 Å². The zero-order chi connectivity index (χ0) is 8.60. The fourth-order valence-electron chi connectivity index (χ4n) is 3.05. The van der Waals surface area contributed by atoms with Crippen LogP contribution < -0.4 is 5.73 Å². The Morgan fingerprint density at radius 3 is 2.58 bits per heavy atom. The molecule has 0 spiro atoms. The van der Waals surface area contributed by atoms with Crippen molar-refractivity contribution in [1.82, 2.24) is 0 Å². The van der Waals surface area contributed by atoms with Crippen LogP contribution in [0.1, 0.15) is 51.9 Å². The van der Waals surface area contributed by atoms with Crippen LogP contribution in [0.2, 0.25) is 0 Å². The molecule has 70 valence electrons. The Morgan fingerprint density at radius 2 is 2.00 bits per heavy atom. The maximum atomic E-state index is 6.38. The van der Waals surface area contributed by atoms with Crippen molar-refractivity contribution in [1.29, 1.82) is 0 Å². The van der Waals surface area contributed by atoms with Gasteiger partial charge >= 0.3 is 0 Å². The molecule has 2 N–H and O–H groups in total. The van der Waals surface area contributed by atoms with Crippen LogP contribution in [0.4, 0.5) is 0 Å². The Bertz CT molecular complexity index is 160. The average molecular weight is 167 g/mol. The fourth-order valence-corrected chi connectivity index (χ4v) is 3.05. The van der Waals surface area contributed by atoms with Gasteiger partial charge in [-0.25, -0.2) is 0 Å². The van der Waals surface area contributed by atoms with Crippen molar-refractivity contribution >= 4 is 0 Å². The Hall–Kier alpha value is -0.0400. The molecule has 12 heavy (non-hydrogen) atoms. The molecular formula is C11H21N. The normalized spacial score (nSPS) is 42.0. The minimum Gasteiger partial charge on any atom is -0.325 e. The molecule has 0 aromatic rings. The van der Waals surface area contributed by atoms with Crippen LogP contribution in [-0.4, -0.2) is 5.54 Å². The lowest BCUT2D eigenvalue weighted by Crippen LogP contribution is -2.33. The van der Waals surface area contributed by atoms with Crippen LogP contribution >= 0.6 is 0 Å². The maximum absolute atomic E-state index is 6.38. The molecule has 1 nitrogen and oxygen atoms in total. The smallest absolute Gasteiger partial charge is 0.0215 e. The van der Waals surface area contributed by atoms with Crippen molar-refractivity contribution in [3.63, 3.8) is 0 Å². The average Bonchev–Trinajstić information content (AvgIpc) is 2.57. The Labute approximate surface area is 75.7 Å². The minimum atomic E-state index is 0.298. The van der Waals surface area contributed by atoms with E-state index in [4.69, 9.17) is 5.73 Å². The summed E-state index contributed by atoms with van der Waals surface area (Å²) in [5.74, 6) is 1.76. The van der Waals surface area contributed by atoms with Crippen LogP contribution in [-0.2, 0) is 0 Å². The van der Waals surface area contributed by atoms with Gasteiger partial charge in [-0.15, -0.1) is 0 Å². The third-order valence-electron chi connectivity index (χ3n) is 3.95. The zero-order valence-electron chi connectivity index (χ0n) is 8.18. The molecule has 0 aromatic carbocycles. The van der Waals surface area contributed by atoms with E-state index >= 15 is 0 Å². The summed E-state index contributed by atoms with van der Waals surface area (Å²) in [4.78, 5) is 0. The number of hydrogen-bond donors (Lipinski definition) is 1. The molecule has 2 atom stereocenters. The SMILES string of the molecule is CCCC1CC1(N)C1CCCC1. The summed E-state index contributed by atoms with van der Waals surface area (Å²) in [6.45, 7) is 2.27. The standard InChI is InChI=1S/C11H21N/c1-2-5-10-8-11(10,12)9-6-3-4-7-9/h9-10H,2-8,12H2,1H3. The van der Waals surface area contributed by atoms with E-state index in [1.807, 2.05) is 0 Å². The van der Waals surface area contributed by atoms with Crippen molar-refractivity contribution in [3.05, 3.63) is 0 Å². The maximum Gasteiger partial charge on any atom is 0.0215 e. The molecule has 2 rings (SSSR count). The molecule has 0 heterocycles. The van der Waals surface area contributed by atoms with Crippen molar-refractivity contribution in [2.24, 2.45) is 17.6 Å². The van der Waals surface area contributed by atoms with Gasteiger partial charge in [-0.3, -0.25) is 0 Å². The van der Waals surface area contributed by atoms with Crippen molar-refractivity contribution in [3.8, 4) is 0 Å². The molecule has 2 unspecified atom stereocenters. The number of nitrogens with two attached hydrogens (primary N) is 1. The van der Waals surface area contributed by atoms with Crippen molar-refractivity contribution < 1.29 is 0 Å². The first-order valence-corrected chi connectivity index (χ1v) is 5.56. The molecule has 0 bridgehead atoms. The van der Waals surface area contributed by atoms with Gasteiger partial charge in [-0.2, -0.15) is 0 Å². The van der Waals surface area contributed by atoms with E-state index in [1.165, 1.54) is 44.9 Å². The highest BCUT2D eigenvalue weighted by Gasteiger charge is 2.55. The van der Waals surface area contributed by atoms with Gasteiger partial charge in [0.1, 0.15) is 0 Å². The summed E-state index contributed by atoms with van der Waals surface area (Å²) in [6, 6.07) is 0. The van der Waals surface area contributed by atoms with Gasteiger partial charge in [0.25, 0.3) is 0 Å². The van der Waals surface area contributed by atoms with Crippen LogP contribution in [0, 0.1) is 11.8 Å². The second-order valence-electron chi connectivity index (χ2n) is 4.78. The second kappa shape index (κ2) is 3.02. The van der Waals surface area contributed by atoms with Gasteiger partial charge < -0.3 is 5.73 Å². The number of rotatable bonds is 3. The summed E-state index contributed by atoms with van der Waals surface area (Å²) in [6.07, 6.45) is 9.70. The lowest BCUT2D eigenvalue weighted by Gasteiger charge is -2.19. The summed E-state index contributed by atoms with van der Waals surface area (Å²) < 4.78 is 0. The van der Waals surface area contributed by atoms with Crippen LogP contribution in [0.3, 0.4) is 0 Å². The molecule has 2 fully saturated rings. The lowest BCUT2D eigenvalue weighted by atomic mass is 9.93. The minimum absolute atomic E-state index is 0.298. The predicted molar refractivity (Wildman–Crippen MR) is 51.9 cm³/mol. The Kier molecular flexibility index (Phi) is 2.16. The highest BCUT2D eigenvalue weighted by Crippen LogP contribution is 2.53. The first-order chi connectivity index (χ1) is 5.77. The van der Waals surface area contributed by atoms with Crippen molar-refractivity contribution in [2.45, 2.75) is 57.4 Å². The van der Waals surface area contributed by atoms with Gasteiger partial charge in [0.15, 0.2) is 0 Å². The van der Waals surface area contributed by atoms with Crippen LogP contribution in [0.5, 0.6) is 0 Å². The fraction of sp³-hybridized carbons (Fsp3) is 1.00. The van der Waals surface area contributed by atoms with E-state index in [0.29, 0.717) is 5.54 Å². The molecule has 0 aliphatic heterocycles. The summed E-state index contributed by atoms with van der Waals surface area (Å²) in [5, 5.41) is 0. The van der Waals surface area contributed by atoms with Gasteiger partial charge in [0.05, 0.1) is 0 Å².